The van der Waals surface area contributed by atoms with Crippen LogP contribution in [-0.2, 0) is 0 Å². The van der Waals surface area contributed by atoms with Crippen LogP contribution >= 0.6 is 0 Å². The standard InChI is InChI=1S/C9H10/c1-2-8-5-7-3-4-9(8)6-7/h1,3-4,7-9H,5-6H2. The van der Waals surface area contributed by atoms with Crippen molar-refractivity contribution >= 4 is 0 Å². The third kappa shape index (κ3) is 0.612. The highest BCUT2D eigenvalue weighted by Gasteiger charge is 2.33. The summed E-state index contributed by atoms with van der Waals surface area (Å²) in [5.74, 6) is 4.98. The molecule has 0 aromatic heterocycles. The van der Waals surface area contributed by atoms with Gasteiger partial charge in [0.1, 0.15) is 0 Å². The largest absolute Gasteiger partial charge is 0.120 e. The van der Waals surface area contributed by atoms with E-state index in [1.165, 1.54) is 12.8 Å². The Labute approximate surface area is 56.0 Å². The van der Waals surface area contributed by atoms with Crippen molar-refractivity contribution in [3.63, 3.8) is 0 Å². The quantitative estimate of drug-likeness (QED) is 0.336. The average molecular weight is 118 g/mol. The molecule has 2 rings (SSSR count). The summed E-state index contributed by atoms with van der Waals surface area (Å²) in [6.45, 7) is 0. The highest BCUT2D eigenvalue weighted by Crippen LogP contribution is 2.42. The lowest BCUT2D eigenvalue weighted by Gasteiger charge is -2.09. The minimum Gasteiger partial charge on any atom is -0.120 e. The Morgan fingerprint density at radius 2 is 2.22 bits per heavy atom. The highest BCUT2D eigenvalue weighted by atomic mass is 14.4. The minimum absolute atomic E-state index is 0.569. The van der Waals surface area contributed by atoms with Gasteiger partial charge in [-0.05, 0) is 24.7 Å². The second-order valence-electron chi connectivity index (χ2n) is 3.05. The van der Waals surface area contributed by atoms with Gasteiger partial charge in [0.05, 0.1) is 0 Å². The van der Waals surface area contributed by atoms with Gasteiger partial charge in [0, 0.05) is 5.92 Å². The fourth-order valence-electron chi connectivity index (χ4n) is 1.97. The van der Waals surface area contributed by atoms with E-state index in [1.54, 1.807) is 0 Å². The Hall–Kier alpha value is -0.700. The first kappa shape index (κ1) is 5.11. The first-order valence-electron chi connectivity index (χ1n) is 3.54. The monoisotopic (exact) mass is 118 g/mol. The first-order chi connectivity index (χ1) is 4.40. The number of allylic oxidation sites excluding steroid dienone is 2. The molecule has 0 aromatic rings. The maximum atomic E-state index is 5.34. The zero-order valence-corrected chi connectivity index (χ0v) is 5.38. The molecular formula is C9H10. The topological polar surface area (TPSA) is 0 Å². The van der Waals surface area contributed by atoms with E-state index in [1.807, 2.05) is 0 Å². The van der Waals surface area contributed by atoms with E-state index in [0.717, 1.165) is 11.8 Å². The van der Waals surface area contributed by atoms with Crippen molar-refractivity contribution in [1.82, 2.24) is 0 Å². The van der Waals surface area contributed by atoms with Crippen LogP contribution in [-0.4, -0.2) is 0 Å². The fraction of sp³-hybridized carbons (Fsp3) is 0.556. The van der Waals surface area contributed by atoms with Crippen molar-refractivity contribution in [2.45, 2.75) is 12.8 Å². The van der Waals surface area contributed by atoms with Crippen molar-refractivity contribution in [3.8, 4) is 12.3 Å². The molecule has 0 radical (unpaired) electrons. The van der Waals surface area contributed by atoms with Gasteiger partial charge < -0.3 is 0 Å². The highest BCUT2D eigenvalue weighted by molar-refractivity contribution is 5.16. The van der Waals surface area contributed by atoms with Crippen LogP contribution < -0.4 is 0 Å². The predicted octanol–water partition coefficient (Wildman–Crippen LogP) is 1.83. The summed E-state index contributed by atoms with van der Waals surface area (Å²) < 4.78 is 0. The zero-order chi connectivity index (χ0) is 6.27. The SMILES string of the molecule is C#CC1CC2C=CC1C2. The van der Waals surface area contributed by atoms with Crippen molar-refractivity contribution in [3.05, 3.63) is 12.2 Å². The molecule has 9 heavy (non-hydrogen) atoms. The molecule has 0 heterocycles. The number of hydrogen-bond acceptors (Lipinski definition) is 0. The van der Waals surface area contributed by atoms with Crippen LogP contribution in [0.15, 0.2) is 12.2 Å². The lowest BCUT2D eigenvalue weighted by Crippen LogP contribution is -2.02. The molecule has 1 fully saturated rings. The molecule has 2 aliphatic rings. The molecule has 0 aliphatic heterocycles. The molecule has 46 valence electrons. The number of terminal acetylenes is 1. The Kier molecular flexibility index (Phi) is 0.931. The minimum atomic E-state index is 0.569. The van der Waals surface area contributed by atoms with E-state index in [2.05, 4.69) is 18.1 Å². The molecule has 0 N–H and O–H groups in total. The van der Waals surface area contributed by atoms with Crippen molar-refractivity contribution in [2.24, 2.45) is 17.8 Å². The molecule has 0 spiro atoms. The van der Waals surface area contributed by atoms with Gasteiger partial charge in [-0.25, -0.2) is 0 Å². The maximum Gasteiger partial charge on any atom is 0.0268 e. The molecule has 0 saturated heterocycles. The summed E-state index contributed by atoms with van der Waals surface area (Å²) in [5, 5.41) is 0. The van der Waals surface area contributed by atoms with E-state index >= 15 is 0 Å². The smallest absolute Gasteiger partial charge is 0.0268 e. The normalized spacial score (nSPS) is 45.4. The van der Waals surface area contributed by atoms with E-state index in [0.29, 0.717) is 5.92 Å². The van der Waals surface area contributed by atoms with Crippen LogP contribution in [0, 0.1) is 30.1 Å². The molecule has 3 unspecified atom stereocenters. The van der Waals surface area contributed by atoms with Gasteiger partial charge in [-0.2, -0.15) is 0 Å². The van der Waals surface area contributed by atoms with E-state index in [4.69, 9.17) is 6.42 Å². The Morgan fingerprint density at radius 3 is 2.56 bits per heavy atom. The summed E-state index contributed by atoms with van der Waals surface area (Å²) in [7, 11) is 0. The van der Waals surface area contributed by atoms with Crippen LogP contribution in [0.3, 0.4) is 0 Å². The van der Waals surface area contributed by atoms with Crippen molar-refractivity contribution in [2.75, 3.05) is 0 Å². The third-order valence-electron chi connectivity index (χ3n) is 2.49. The molecular weight excluding hydrogens is 108 g/mol. The van der Waals surface area contributed by atoms with Gasteiger partial charge in [-0.1, -0.05) is 12.2 Å². The molecule has 1 saturated carbocycles. The second kappa shape index (κ2) is 1.64. The van der Waals surface area contributed by atoms with Gasteiger partial charge in [-0.3, -0.25) is 0 Å². The van der Waals surface area contributed by atoms with E-state index in [-0.39, 0.29) is 0 Å². The van der Waals surface area contributed by atoms with Crippen LogP contribution in [0.1, 0.15) is 12.8 Å². The van der Waals surface area contributed by atoms with Crippen LogP contribution in [0.2, 0.25) is 0 Å². The number of hydrogen-bond donors (Lipinski definition) is 0. The van der Waals surface area contributed by atoms with Crippen molar-refractivity contribution in [1.29, 1.82) is 0 Å². The second-order valence-corrected chi connectivity index (χ2v) is 3.05. The fourth-order valence-corrected chi connectivity index (χ4v) is 1.97. The summed E-state index contributed by atoms with van der Waals surface area (Å²) in [6, 6.07) is 0. The third-order valence-corrected chi connectivity index (χ3v) is 2.49. The molecule has 0 nitrogen and oxygen atoms in total. The lowest BCUT2D eigenvalue weighted by molar-refractivity contribution is 0.570. The Balaban J connectivity index is 2.22. The van der Waals surface area contributed by atoms with E-state index in [9.17, 15) is 0 Å². The predicted molar refractivity (Wildman–Crippen MR) is 37.7 cm³/mol. The first-order valence-corrected chi connectivity index (χ1v) is 3.54. The van der Waals surface area contributed by atoms with Crippen LogP contribution in [0.5, 0.6) is 0 Å². The molecule has 3 atom stereocenters. The zero-order valence-electron chi connectivity index (χ0n) is 5.38. The Morgan fingerprint density at radius 1 is 1.33 bits per heavy atom. The van der Waals surface area contributed by atoms with Gasteiger partial charge in [0.25, 0.3) is 0 Å². The van der Waals surface area contributed by atoms with Crippen LogP contribution in [0.4, 0.5) is 0 Å². The van der Waals surface area contributed by atoms with Gasteiger partial charge >= 0.3 is 0 Å². The summed E-state index contributed by atoms with van der Waals surface area (Å²) >= 11 is 0. The molecule has 2 aliphatic carbocycles. The molecule has 0 amide bonds. The van der Waals surface area contributed by atoms with Gasteiger partial charge in [0.2, 0.25) is 0 Å². The summed E-state index contributed by atoms with van der Waals surface area (Å²) in [4.78, 5) is 0. The summed E-state index contributed by atoms with van der Waals surface area (Å²) in [6.07, 6.45) is 12.5. The number of fused-ring (bicyclic) bond motifs is 2. The van der Waals surface area contributed by atoms with Crippen LogP contribution in [0.25, 0.3) is 0 Å². The molecule has 0 aromatic carbocycles. The lowest BCUT2D eigenvalue weighted by atomic mass is 9.95. The Bertz CT molecular complexity index is 183. The maximum absolute atomic E-state index is 5.34. The number of rotatable bonds is 0. The van der Waals surface area contributed by atoms with Crippen molar-refractivity contribution < 1.29 is 0 Å². The van der Waals surface area contributed by atoms with E-state index < -0.39 is 0 Å². The van der Waals surface area contributed by atoms with Gasteiger partial charge in [-0.15, -0.1) is 12.3 Å². The average Bonchev–Trinajstić information content (AvgIpc) is 2.45. The van der Waals surface area contributed by atoms with Gasteiger partial charge in [0.15, 0.2) is 0 Å². The molecule has 2 bridgehead atoms. The summed E-state index contributed by atoms with van der Waals surface area (Å²) in [5.41, 5.74) is 0. The molecule has 0 heteroatoms.